The number of halogens is 2. The Morgan fingerprint density at radius 2 is 2.18 bits per heavy atom. The highest BCUT2D eigenvalue weighted by atomic mass is 79.9. The monoisotopic (exact) mass is 426 g/mol. The molecule has 114 valence electrons. The summed E-state index contributed by atoms with van der Waals surface area (Å²) in [6.07, 6.45) is 3.42. The van der Waals surface area contributed by atoms with Crippen LogP contribution in [0.3, 0.4) is 0 Å². The van der Waals surface area contributed by atoms with Crippen molar-refractivity contribution in [3.8, 4) is 5.75 Å². The van der Waals surface area contributed by atoms with Crippen LogP contribution in [-0.4, -0.2) is 27.3 Å². The second-order valence-corrected chi connectivity index (χ2v) is 6.42. The lowest BCUT2D eigenvalue weighted by molar-refractivity contribution is -0.117. The lowest BCUT2D eigenvalue weighted by Gasteiger charge is -2.24. The van der Waals surface area contributed by atoms with Gasteiger partial charge in [0.15, 0.2) is 0 Å². The molecule has 0 saturated heterocycles. The van der Waals surface area contributed by atoms with E-state index in [1.54, 1.807) is 10.8 Å². The molecule has 0 fully saturated rings. The molecule has 1 aromatic carbocycles. The van der Waals surface area contributed by atoms with Crippen LogP contribution in [-0.2, 0) is 4.79 Å². The predicted octanol–water partition coefficient (Wildman–Crippen LogP) is 3.30. The van der Waals surface area contributed by atoms with Crippen LogP contribution in [0.1, 0.15) is 18.0 Å². The van der Waals surface area contributed by atoms with E-state index in [1.807, 2.05) is 12.1 Å². The topological polar surface area (TPSA) is 69.0 Å². The Kier molecular flexibility index (Phi) is 4.30. The average molecular weight is 428 g/mol. The summed E-state index contributed by atoms with van der Waals surface area (Å²) in [7, 11) is 0. The molecule has 6 nitrogen and oxygen atoms in total. The van der Waals surface area contributed by atoms with E-state index in [0.717, 1.165) is 14.5 Å². The molecule has 1 atom stereocenters. The van der Waals surface area contributed by atoms with Crippen LogP contribution < -0.4 is 10.1 Å². The second-order valence-electron chi connectivity index (χ2n) is 4.71. The van der Waals surface area contributed by atoms with Gasteiger partial charge in [-0.05, 0) is 49.6 Å². The summed E-state index contributed by atoms with van der Waals surface area (Å²) < 4.78 is 8.91. The number of carbonyl (C=O) groups excluding carboxylic acids is 1. The van der Waals surface area contributed by atoms with Gasteiger partial charge in [0.05, 0.1) is 21.4 Å². The van der Waals surface area contributed by atoms with Gasteiger partial charge in [0, 0.05) is 0 Å². The Morgan fingerprint density at radius 1 is 1.45 bits per heavy atom. The van der Waals surface area contributed by atoms with Crippen LogP contribution in [0.15, 0.2) is 40.1 Å². The Labute approximate surface area is 143 Å². The van der Waals surface area contributed by atoms with Gasteiger partial charge in [-0.15, -0.1) is 0 Å². The fourth-order valence-electron chi connectivity index (χ4n) is 2.32. The fourth-order valence-corrected chi connectivity index (χ4v) is 3.77. The Bertz CT molecular complexity index is 721. The summed E-state index contributed by atoms with van der Waals surface area (Å²) in [5.41, 5.74) is 0.936. The molecular weight excluding hydrogens is 416 g/mol. The molecule has 0 spiro atoms. The number of hydrogen-bond acceptors (Lipinski definition) is 4. The van der Waals surface area contributed by atoms with Crippen LogP contribution in [0.25, 0.3) is 0 Å². The SMILES string of the molecule is C=CCOc1c(Br)cc([C@H]2CC(=O)Nc3ncnn32)cc1Br. The van der Waals surface area contributed by atoms with Crippen molar-refractivity contribution in [2.45, 2.75) is 12.5 Å². The number of anilines is 1. The van der Waals surface area contributed by atoms with Gasteiger partial charge < -0.3 is 4.74 Å². The molecule has 0 aliphatic carbocycles. The number of rotatable bonds is 4. The summed E-state index contributed by atoms with van der Waals surface area (Å²) in [5, 5.41) is 6.90. The van der Waals surface area contributed by atoms with Crippen LogP contribution >= 0.6 is 31.9 Å². The van der Waals surface area contributed by atoms with Crippen molar-refractivity contribution in [3.63, 3.8) is 0 Å². The molecule has 2 aromatic rings. The number of ether oxygens (including phenoxy) is 1. The van der Waals surface area contributed by atoms with Crippen LogP contribution in [0.4, 0.5) is 5.95 Å². The third-order valence-corrected chi connectivity index (χ3v) is 4.43. The van der Waals surface area contributed by atoms with E-state index in [4.69, 9.17) is 4.74 Å². The van der Waals surface area contributed by atoms with Gasteiger partial charge in [-0.25, -0.2) is 4.68 Å². The summed E-state index contributed by atoms with van der Waals surface area (Å²) in [6.45, 7) is 4.05. The van der Waals surface area contributed by atoms with Crippen LogP contribution in [0.5, 0.6) is 5.75 Å². The number of nitrogens with one attached hydrogen (secondary N) is 1. The molecule has 0 bridgehead atoms. The summed E-state index contributed by atoms with van der Waals surface area (Å²) >= 11 is 7.01. The first-order valence-corrected chi connectivity index (χ1v) is 8.10. The molecule has 0 saturated carbocycles. The zero-order valence-electron chi connectivity index (χ0n) is 11.4. The molecule has 1 amide bonds. The smallest absolute Gasteiger partial charge is 0.229 e. The van der Waals surface area contributed by atoms with Gasteiger partial charge in [-0.3, -0.25) is 10.1 Å². The summed E-state index contributed by atoms with van der Waals surface area (Å²) in [4.78, 5) is 15.9. The zero-order valence-corrected chi connectivity index (χ0v) is 14.6. The Morgan fingerprint density at radius 3 is 2.86 bits per heavy atom. The number of benzene rings is 1. The van der Waals surface area contributed by atoms with Crippen LogP contribution in [0, 0.1) is 0 Å². The molecule has 8 heteroatoms. The lowest BCUT2D eigenvalue weighted by Crippen LogP contribution is -2.29. The van der Waals surface area contributed by atoms with Crippen molar-refractivity contribution < 1.29 is 9.53 Å². The standard InChI is InChI=1S/C14H12Br2N4O2/c1-2-3-22-13-9(15)4-8(5-10(13)16)11-6-12(21)19-14-17-7-18-20(11)14/h2,4-5,7,11H,1,3,6H2,(H,17,18,19,21)/t11-/m1/s1. The number of nitrogens with zero attached hydrogens (tertiary/aromatic N) is 3. The quantitative estimate of drug-likeness (QED) is 0.760. The van der Waals surface area contributed by atoms with Gasteiger partial charge in [0.1, 0.15) is 18.7 Å². The molecule has 1 N–H and O–H groups in total. The van der Waals surface area contributed by atoms with Crippen LogP contribution in [0.2, 0.25) is 0 Å². The largest absolute Gasteiger partial charge is 0.487 e. The lowest BCUT2D eigenvalue weighted by atomic mass is 10.0. The number of hydrogen-bond donors (Lipinski definition) is 1. The summed E-state index contributed by atoms with van der Waals surface area (Å²) in [5.74, 6) is 1.08. The first-order chi connectivity index (χ1) is 10.6. The third kappa shape index (κ3) is 2.80. The first kappa shape index (κ1) is 15.2. The minimum atomic E-state index is -0.202. The minimum Gasteiger partial charge on any atom is -0.487 e. The van der Waals surface area contributed by atoms with E-state index in [9.17, 15) is 4.79 Å². The zero-order chi connectivity index (χ0) is 15.7. The molecule has 1 aliphatic rings. The van der Waals surface area contributed by atoms with E-state index in [2.05, 4.69) is 53.8 Å². The van der Waals surface area contributed by atoms with Gasteiger partial charge in [-0.2, -0.15) is 10.1 Å². The van der Waals surface area contributed by atoms with Gasteiger partial charge in [0.25, 0.3) is 0 Å². The highest BCUT2D eigenvalue weighted by Crippen LogP contribution is 2.39. The second kappa shape index (κ2) is 6.21. The molecule has 22 heavy (non-hydrogen) atoms. The molecule has 0 unspecified atom stereocenters. The molecule has 0 radical (unpaired) electrons. The van der Waals surface area contributed by atoms with Crippen molar-refractivity contribution in [2.75, 3.05) is 11.9 Å². The van der Waals surface area contributed by atoms with E-state index in [1.165, 1.54) is 6.33 Å². The fraction of sp³-hybridized carbons (Fsp3) is 0.214. The highest BCUT2D eigenvalue weighted by Gasteiger charge is 2.28. The van der Waals surface area contributed by atoms with E-state index in [-0.39, 0.29) is 11.9 Å². The average Bonchev–Trinajstić information content (AvgIpc) is 2.93. The third-order valence-electron chi connectivity index (χ3n) is 3.25. The minimum absolute atomic E-state index is 0.0790. The molecule has 1 aliphatic heterocycles. The van der Waals surface area contributed by atoms with Crippen molar-refractivity contribution in [1.82, 2.24) is 14.8 Å². The van der Waals surface area contributed by atoms with E-state index < -0.39 is 0 Å². The number of amides is 1. The Hall–Kier alpha value is -1.67. The van der Waals surface area contributed by atoms with Gasteiger partial charge in [-0.1, -0.05) is 12.7 Å². The van der Waals surface area contributed by atoms with E-state index in [0.29, 0.717) is 24.7 Å². The maximum Gasteiger partial charge on any atom is 0.229 e. The number of fused-ring (bicyclic) bond motifs is 1. The van der Waals surface area contributed by atoms with Gasteiger partial charge in [0.2, 0.25) is 11.9 Å². The normalized spacial score (nSPS) is 16.8. The van der Waals surface area contributed by atoms with Gasteiger partial charge >= 0.3 is 0 Å². The molecule has 3 rings (SSSR count). The highest BCUT2D eigenvalue weighted by molar-refractivity contribution is 9.11. The summed E-state index contributed by atoms with van der Waals surface area (Å²) in [6, 6.07) is 3.66. The van der Waals surface area contributed by atoms with E-state index >= 15 is 0 Å². The number of aromatic nitrogens is 3. The first-order valence-electron chi connectivity index (χ1n) is 6.52. The van der Waals surface area contributed by atoms with Crippen molar-refractivity contribution >= 4 is 43.7 Å². The Balaban J connectivity index is 2.00. The van der Waals surface area contributed by atoms with Crippen molar-refractivity contribution in [3.05, 3.63) is 45.6 Å². The molecule has 1 aromatic heterocycles. The molecular formula is C14H12Br2N4O2. The maximum absolute atomic E-state index is 11.8. The predicted molar refractivity (Wildman–Crippen MR) is 88.9 cm³/mol. The number of carbonyl (C=O) groups is 1. The van der Waals surface area contributed by atoms with Crippen molar-refractivity contribution in [2.24, 2.45) is 0 Å². The maximum atomic E-state index is 11.8. The van der Waals surface area contributed by atoms with Crippen molar-refractivity contribution in [1.29, 1.82) is 0 Å². The molecule has 2 heterocycles.